The van der Waals surface area contributed by atoms with E-state index < -0.39 is 0 Å². The number of fused-ring (bicyclic) bond motifs is 2. The van der Waals surface area contributed by atoms with Crippen molar-refractivity contribution in [2.75, 3.05) is 12.5 Å². The Bertz CT molecular complexity index is 1150. The van der Waals surface area contributed by atoms with Gasteiger partial charge < -0.3 is 14.8 Å². The molecule has 0 unspecified atom stereocenters. The van der Waals surface area contributed by atoms with Gasteiger partial charge in [0.15, 0.2) is 17.3 Å². The summed E-state index contributed by atoms with van der Waals surface area (Å²) in [5, 5.41) is 13.3. The number of nitrogens with zero attached hydrogens (tertiary/aromatic N) is 2. The van der Waals surface area contributed by atoms with Crippen LogP contribution < -0.4 is 14.8 Å². The van der Waals surface area contributed by atoms with Crippen molar-refractivity contribution in [3.8, 4) is 17.6 Å². The van der Waals surface area contributed by atoms with Crippen molar-refractivity contribution in [1.29, 1.82) is 5.26 Å². The van der Waals surface area contributed by atoms with Crippen molar-refractivity contribution < 1.29 is 19.1 Å². The molecule has 1 N–H and O–H groups in total. The fourth-order valence-electron chi connectivity index (χ4n) is 4.31. The number of hydrogen-bond donors (Lipinski definition) is 1. The van der Waals surface area contributed by atoms with Gasteiger partial charge in [0.2, 0.25) is 12.7 Å². The van der Waals surface area contributed by atoms with Crippen LogP contribution >= 0.6 is 11.8 Å². The van der Waals surface area contributed by atoms with Crippen LogP contribution in [0.15, 0.2) is 23.2 Å². The van der Waals surface area contributed by atoms with Crippen molar-refractivity contribution in [3.63, 3.8) is 0 Å². The molecule has 0 bridgehead atoms. The van der Waals surface area contributed by atoms with Crippen LogP contribution in [0.4, 0.5) is 0 Å². The Morgan fingerprint density at radius 2 is 2.06 bits per heavy atom. The number of carbonyl (C=O) groups excluding carboxylic acids is 2. The lowest BCUT2D eigenvalue weighted by atomic mass is 9.74. The number of ketones is 1. The van der Waals surface area contributed by atoms with Crippen molar-refractivity contribution in [2.24, 2.45) is 5.41 Å². The first-order valence-corrected chi connectivity index (χ1v) is 12.1. The van der Waals surface area contributed by atoms with Gasteiger partial charge in [-0.05, 0) is 41.5 Å². The second-order valence-corrected chi connectivity index (χ2v) is 10.1. The van der Waals surface area contributed by atoms with Crippen molar-refractivity contribution >= 4 is 23.5 Å². The third kappa shape index (κ3) is 4.98. The highest BCUT2D eigenvalue weighted by Crippen LogP contribution is 2.38. The highest BCUT2D eigenvalue weighted by atomic mass is 32.2. The molecule has 0 radical (unpaired) electrons. The quantitative estimate of drug-likeness (QED) is 0.612. The smallest absolute Gasteiger partial charge is 0.231 e. The predicted octanol–water partition coefficient (Wildman–Crippen LogP) is 4.20. The average Bonchev–Trinajstić information content (AvgIpc) is 3.23. The molecule has 0 atom stereocenters. The molecule has 1 aromatic heterocycles. The van der Waals surface area contributed by atoms with E-state index in [-0.39, 0.29) is 23.9 Å². The van der Waals surface area contributed by atoms with Gasteiger partial charge >= 0.3 is 0 Å². The van der Waals surface area contributed by atoms with E-state index >= 15 is 0 Å². The number of thioether (sulfide) groups is 1. The molecule has 0 saturated carbocycles. The molecule has 2 heterocycles. The molecule has 8 heteroatoms. The maximum absolute atomic E-state index is 12.8. The van der Waals surface area contributed by atoms with Gasteiger partial charge in [0, 0.05) is 30.7 Å². The summed E-state index contributed by atoms with van der Waals surface area (Å²) in [4.78, 5) is 29.9. The Balaban J connectivity index is 1.40. The third-order valence-electron chi connectivity index (χ3n) is 5.87. The number of ether oxygens (including phenoxy) is 2. The second-order valence-electron chi connectivity index (χ2n) is 9.06. The lowest BCUT2D eigenvalue weighted by molar-refractivity contribution is -0.120. The lowest BCUT2D eigenvalue weighted by Crippen LogP contribution is -2.29. The molecule has 2 aliphatic rings. The van der Waals surface area contributed by atoms with Crippen molar-refractivity contribution in [1.82, 2.24) is 10.3 Å². The zero-order valence-corrected chi connectivity index (χ0v) is 19.9. The number of Topliss-reactive ketones (excluding diaryl/α,β-unsaturated/α-hetero) is 1. The Labute approximate surface area is 197 Å². The molecule has 7 nitrogen and oxygen atoms in total. The van der Waals surface area contributed by atoms with Gasteiger partial charge in [-0.3, -0.25) is 9.59 Å². The van der Waals surface area contributed by atoms with E-state index in [9.17, 15) is 14.9 Å². The van der Waals surface area contributed by atoms with E-state index in [1.54, 1.807) is 0 Å². The summed E-state index contributed by atoms with van der Waals surface area (Å²) in [6.07, 6.45) is 2.07. The summed E-state index contributed by atoms with van der Waals surface area (Å²) >= 11 is 1.40. The highest BCUT2D eigenvalue weighted by Gasteiger charge is 2.35. The van der Waals surface area contributed by atoms with Gasteiger partial charge in [-0.2, -0.15) is 5.26 Å². The number of benzene rings is 1. The van der Waals surface area contributed by atoms with E-state index in [1.807, 2.05) is 25.1 Å². The van der Waals surface area contributed by atoms with Crippen LogP contribution in [0.25, 0.3) is 0 Å². The number of pyridine rings is 1. The zero-order chi connectivity index (χ0) is 23.6. The van der Waals surface area contributed by atoms with Crippen molar-refractivity contribution in [2.45, 2.75) is 58.0 Å². The molecule has 0 saturated heterocycles. The van der Waals surface area contributed by atoms with E-state index in [1.165, 1.54) is 11.8 Å². The molecular formula is C25H27N3O4S. The number of rotatable bonds is 7. The van der Waals surface area contributed by atoms with Crippen LogP contribution in [0.3, 0.4) is 0 Å². The minimum Gasteiger partial charge on any atom is -0.454 e. The van der Waals surface area contributed by atoms with Gasteiger partial charge in [0.25, 0.3) is 0 Å². The first-order chi connectivity index (χ1) is 15.8. The average molecular weight is 466 g/mol. The topological polar surface area (TPSA) is 101 Å². The second kappa shape index (κ2) is 9.44. The lowest BCUT2D eigenvalue weighted by Gasteiger charge is -2.31. The minimum absolute atomic E-state index is 0.0709. The number of carbonyl (C=O) groups is 2. The van der Waals surface area contributed by atoms with Crippen molar-refractivity contribution in [3.05, 3.63) is 46.1 Å². The molecule has 1 amide bonds. The van der Waals surface area contributed by atoms with Crippen LogP contribution in [0.5, 0.6) is 11.5 Å². The van der Waals surface area contributed by atoms with Gasteiger partial charge in [-0.15, -0.1) is 11.8 Å². The van der Waals surface area contributed by atoms with Crippen LogP contribution in [0.2, 0.25) is 0 Å². The summed E-state index contributed by atoms with van der Waals surface area (Å²) in [7, 11) is 0. The van der Waals surface area contributed by atoms with E-state index in [4.69, 9.17) is 14.5 Å². The Kier molecular flexibility index (Phi) is 6.61. The molecule has 1 aliphatic carbocycles. The standard InChI is InChI=1S/C25H27N3O4S/c1-4-16-17(12-26)24(28-18-10-25(2,3)11-19(29)23(16)18)33-8-7-22(30)27-13-15-5-6-20-21(9-15)32-14-31-20/h5-6,9H,4,7-8,10-11,13-14H2,1-3H3,(H,27,30). The van der Waals surface area contributed by atoms with Crippen LogP contribution in [0.1, 0.15) is 66.4 Å². The Hall–Kier alpha value is -3.05. The van der Waals surface area contributed by atoms with Gasteiger partial charge in [-0.25, -0.2) is 4.98 Å². The number of hydrogen-bond acceptors (Lipinski definition) is 7. The minimum atomic E-state index is -0.146. The summed E-state index contributed by atoms with van der Waals surface area (Å²) < 4.78 is 10.7. The van der Waals surface area contributed by atoms with Gasteiger partial charge in [-0.1, -0.05) is 26.8 Å². The number of aromatic nitrogens is 1. The fourth-order valence-corrected chi connectivity index (χ4v) is 5.28. The van der Waals surface area contributed by atoms with E-state index in [2.05, 4.69) is 25.2 Å². The highest BCUT2D eigenvalue weighted by molar-refractivity contribution is 7.99. The third-order valence-corrected chi connectivity index (χ3v) is 6.84. The first-order valence-electron chi connectivity index (χ1n) is 11.1. The zero-order valence-electron chi connectivity index (χ0n) is 19.1. The molecule has 0 spiro atoms. The van der Waals surface area contributed by atoms with Crippen LogP contribution in [0, 0.1) is 16.7 Å². The normalized spacial score (nSPS) is 15.6. The molecular weight excluding hydrogens is 438 g/mol. The first kappa shape index (κ1) is 23.1. The Morgan fingerprint density at radius 1 is 1.27 bits per heavy atom. The monoisotopic (exact) mass is 465 g/mol. The molecule has 1 aliphatic heterocycles. The number of nitriles is 1. The van der Waals surface area contributed by atoms with E-state index in [0.717, 1.165) is 16.8 Å². The van der Waals surface area contributed by atoms with Crippen LogP contribution in [-0.4, -0.2) is 29.2 Å². The molecule has 4 rings (SSSR count). The van der Waals surface area contributed by atoms with Gasteiger partial charge in [0.05, 0.1) is 11.3 Å². The molecule has 0 fully saturated rings. The van der Waals surface area contributed by atoms with E-state index in [0.29, 0.717) is 65.6 Å². The SMILES string of the molecule is CCc1c(C#N)c(SCCC(=O)NCc2ccc3c(c2)OCO3)nc2c1C(=O)CC(C)(C)C2. The Morgan fingerprint density at radius 3 is 2.82 bits per heavy atom. The number of nitrogens with one attached hydrogen (secondary N) is 1. The van der Waals surface area contributed by atoms with Crippen LogP contribution in [-0.2, 0) is 24.2 Å². The summed E-state index contributed by atoms with van der Waals surface area (Å²) in [5.74, 6) is 1.88. The molecule has 33 heavy (non-hydrogen) atoms. The molecule has 172 valence electrons. The summed E-state index contributed by atoms with van der Waals surface area (Å²) in [6, 6.07) is 7.85. The largest absolute Gasteiger partial charge is 0.454 e. The fraction of sp³-hybridized carbons (Fsp3) is 0.440. The maximum Gasteiger partial charge on any atom is 0.231 e. The summed E-state index contributed by atoms with van der Waals surface area (Å²) in [5.41, 5.74) is 3.46. The molecule has 2 aromatic rings. The van der Waals surface area contributed by atoms with Gasteiger partial charge in [0.1, 0.15) is 11.1 Å². The maximum atomic E-state index is 12.8. The predicted molar refractivity (Wildman–Crippen MR) is 125 cm³/mol. The molecule has 1 aromatic carbocycles. The number of amides is 1. The summed E-state index contributed by atoms with van der Waals surface area (Å²) in [6.45, 7) is 6.71.